The number of para-hydroxylation sites is 1. The van der Waals surface area contributed by atoms with E-state index in [1.54, 1.807) is 24.3 Å². The number of hydrogen-bond donors (Lipinski definition) is 0. The molecular weight excluding hydrogens is 405 g/mol. The zero-order chi connectivity index (χ0) is 20.8. The van der Waals surface area contributed by atoms with E-state index in [0.29, 0.717) is 35.0 Å². The molecule has 0 aliphatic heterocycles. The summed E-state index contributed by atoms with van der Waals surface area (Å²) in [6.07, 6.45) is 1.74. The lowest BCUT2D eigenvalue weighted by molar-refractivity contribution is 0.275. The highest BCUT2D eigenvalue weighted by Crippen LogP contribution is 2.24. The Bertz CT molecular complexity index is 1130. The molecule has 2 aromatic carbocycles. The van der Waals surface area contributed by atoms with Crippen molar-refractivity contribution < 1.29 is 13.7 Å². The van der Waals surface area contributed by atoms with Gasteiger partial charge in [0, 0.05) is 12.1 Å². The van der Waals surface area contributed by atoms with Crippen molar-refractivity contribution in [1.29, 1.82) is 0 Å². The highest BCUT2D eigenvalue weighted by Gasteiger charge is 2.15. The van der Waals surface area contributed by atoms with Crippen LogP contribution >= 0.6 is 11.8 Å². The molecule has 0 fully saturated rings. The van der Waals surface area contributed by atoms with Crippen molar-refractivity contribution >= 4 is 11.8 Å². The molecule has 0 saturated carbocycles. The van der Waals surface area contributed by atoms with Gasteiger partial charge in [0.25, 0.3) is 5.89 Å². The minimum absolute atomic E-state index is 0.0860. The lowest BCUT2D eigenvalue weighted by Crippen LogP contribution is -2.08. The van der Waals surface area contributed by atoms with Crippen molar-refractivity contribution in [3.05, 3.63) is 84.7 Å². The Kier molecular flexibility index (Phi) is 6.19. The molecule has 7 nitrogen and oxygen atoms in total. The molecule has 0 atom stereocenters. The molecule has 2 aromatic heterocycles. The molecule has 0 saturated heterocycles. The molecule has 0 unspecified atom stereocenters. The van der Waals surface area contributed by atoms with E-state index >= 15 is 0 Å². The molecule has 0 spiro atoms. The van der Waals surface area contributed by atoms with Crippen LogP contribution in [-0.4, -0.2) is 24.9 Å². The van der Waals surface area contributed by atoms with E-state index in [0.717, 1.165) is 5.56 Å². The third kappa shape index (κ3) is 4.57. The topological polar surface area (TPSA) is 78.9 Å². The van der Waals surface area contributed by atoms with Gasteiger partial charge in [-0.2, -0.15) is 4.98 Å². The molecule has 9 heteroatoms. The first-order chi connectivity index (χ1) is 14.7. The van der Waals surface area contributed by atoms with Crippen LogP contribution in [0, 0.1) is 5.82 Å². The standard InChI is InChI=1S/C21H18FN5O2S/c1-2-12-27-19(13-28-17-11-7-6-10-16(17)22)24-25-21(27)30-14-18-23-20(29-26-18)15-8-4-3-5-9-15/h2-11H,1,12-14H2. The fourth-order valence-electron chi connectivity index (χ4n) is 2.69. The van der Waals surface area contributed by atoms with Gasteiger partial charge in [0.05, 0.1) is 5.75 Å². The van der Waals surface area contributed by atoms with E-state index in [1.165, 1.54) is 17.8 Å². The van der Waals surface area contributed by atoms with Gasteiger partial charge in [-0.05, 0) is 24.3 Å². The second kappa shape index (κ2) is 9.36. The minimum Gasteiger partial charge on any atom is -0.483 e. The average molecular weight is 423 g/mol. The van der Waals surface area contributed by atoms with Crippen LogP contribution in [0.3, 0.4) is 0 Å². The summed E-state index contributed by atoms with van der Waals surface area (Å²) in [7, 11) is 0. The van der Waals surface area contributed by atoms with Gasteiger partial charge in [-0.25, -0.2) is 4.39 Å². The first kappa shape index (κ1) is 19.8. The molecule has 0 amide bonds. The number of nitrogens with zero attached hydrogens (tertiary/aromatic N) is 5. The van der Waals surface area contributed by atoms with Gasteiger partial charge in [0.15, 0.2) is 28.4 Å². The van der Waals surface area contributed by atoms with Crippen molar-refractivity contribution in [2.75, 3.05) is 0 Å². The molecule has 30 heavy (non-hydrogen) atoms. The van der Waals surface area contributed by atoms with E-state index in [1.807, 2.05) is 34.9 Å². The van der Waals surface area contributed by atoms with Gasteiger partial charge in [0.1, 0.15) is 6.61 Å². The Morgan fingerprint density at radius 2 is 1.90 bits per heavy atom. The predicted octanol–water partition coefficient (Wildman–Crippen LogP) is 4.52. The van der Waals surface area contributed by atoms with Gasteiger partial charge >= 0.3 is 0 Å². The van der Waals surface area contributed by atoms with E-state index < -0.39 is 5.82 Å². The SMILES string of the molecule is C=CCn1c(COc2ccccc2F)nnc1SCc1noc(-c2ccccc2)n1. The third-order valence-electron chi connectivity index (χ3n) is 4.12. The molecule has 152 valence electrons. The Hall–Kier alpha value is -3.46. The summed E-state index contributed by atoms with van der Waals surface area (Å²) in [6.45, 7) is 4.36. The summed E-state index contributed by atoms with van der Waals surface area (Å²) < 4.78 is 26.5. The Morgan fingerprint density at radius 1 is 1.10 bits per heavy atom. The zero-order valence-electron chi connectivity index (χ0n) is 15.9. The molecule has 4 rings (SSSR count). The van der Waals surface area contributed by atoms with Crippen molar-refractivity contribution in [3.8, 4) is 17.2 Å². The Morgan fingerprint density at radius 3 is 2.70 bits per heavy atom. The molecule has 0 bridgehead atoms. The number of halogens is 1. The average Bonchev–Trinajstić information content (AvgIpc) is 3.40. The van der Waals surface area contributed by atoms with Crippen LogP contribution in [-0.2, 0) is 18.9 Å². The Balaban J connectivity index is 1.44. The first-order valence-electron chi connectivity index (χ1n) is 9.15. The monoisotopic (exact) mass is 423 g/mol. The minimum atomic E-state index is -0.423. The fourth-order valence-corrected chi connectivity index (χ4v) is 3.50. The highest BCUT2D eigenvalue weighted by atomic mass is 32.2. The third-order valence-corrected chi connectivity index (χ3v) is 5.08. The Labute approximate surface area is 176 Å². The van der Waals surface area contributed by atoms with E-state index in [-0.39, 0.29) is 12.4 Å². The summed E-state index contributed by atoms with van der Waals surface area (Å²) in [5.74, 6) is 1.79. The molecule has 4 aromatic rings. The van der Waals surface area contributed by atoms with Crippen LogP contribution in [0.4, 0.5) is 4.39 Å². The van der Waals surface area contributed by atoms with Gasteiger partial charge < -0.3 is 9.26 Å². The fraction of sp³-hybridized carbons (Fsp3) is 0.143. The molecule has 0 aliphatic rings. The smallest absolute Gasteiger partial charge is 0.257 e. The van der Waals surface area contributed by atoms with Crippen LogP contribution in [0.1, 0.15) is 11.6 Å². The van der Waals surface area contributed by atoms with Gasteiger partial charge in [-0.1, -0.05) is 53.3 Å². The van der Waals surface area contributed by atoms with E-state index in [4.69, 9.17) is 9.26 Å². The maximum absolute atomic E-state index is 13.8. The van der Waals surface area contributed by atoms with Gasteiger partial charge in [-0.15, -0.1) is 16.8 Å². The van der Waals surface area contributed by atoms with E-state index in [2.05, 4.69) is 26.9 Å². The summed E-state index contributed by atoms with van der Waals surface area (Å²) in [6, 6.07) is 15.8. The van der Waals surface area contributed by atoms with Gasteiger partial charge in [-0.3, -0.25) is 4.57 Å². The maximum atomic E-state index is 13.8. The quantitative estimate of drug-likeness (QED) is 0.289. The number of allylic oxidation sites excluding steroid dienone is 1. The normalized spacial score (nSPS) is 10.8. The molecular formula is C21H18FN5O2S. The molecule has 0 N–H and O–H groups in total. The number of ether oxygens (including phenoxy) is 1. The molecule has 0 aliphatic carbocycles. The van der Waals surface area contributed by atoms with Crippen molar-refractivity contribution in [2.45, 2.75) is 24.1 Å². The number of hydrogen-bond acceptors (Lipinski definition) is 7. The largest absolute Gasteiger partial charge is 0.483 e. The van der Waals surface area contributed by atoms with Crippen LogP contribution < -0.4 is 4.74 Å². The molecule has 2 heterocycles. The highest BCUT2D eigenvalue weighted by molar-refractivity contribution is 7.98. The summed E-state index contributed by atoms with van der Waals surface area (Å²) in [4.78, 5) is 4.42. The number of aromatic nitrogens is 5. The lowest BCUT2D eigenvalue weighted by Gasteiger charge is -2.09. The number of rotatable bonds is 9. The lowest BCUT2D eigenvalue weighted by atomic mass is 10.2. The molecule has 0 radical (unpaired) electrons. The number of thioether (sulfide) groups is 1. The number of benzene rings is 2. The first-order valence-corrected chi connectivity index (χ1v) is 10.1. The van der Waals surface area contributed by atoms with Crippen LogP contribution in [0.25, 0.3) is 11.5 Å². The summed E-state index contributed by atoms with van der Waals surface area (Å²) in [5, 5.41) is 13.1. The summed E-state index contributed by atoms with van der Waals surface area (Å²) in [5.41, 5.74) is 0.864. The van der Waals surface area contributed by atoms with E-state index in [9.17, 15) is 4.39 Å². The summed E-state index contributed by atoms with van der Waals surface area (Å²) >= 11 is 1.42. The van der Waals surface area contributed by atoms with Crippen LogP contribution in [0.2, 0.25) is 0 Å². The van der Waals surface area contributed by atoms with Crippen molar-refractivity contribution in [3.63, 3.8) is 0 Å². The maximum Gasteiger partial charge on any atom is 0.257 e. The predicted molar refractivity (Wildman–Crippen MR) is 110 cm³/mol. The second-order valence-electron chi connectivity index (χ2n) is 6.19. The van der Waals surface area contributed by atoms with Crippen molar-refractivity contribution in [2.24, 2.45) is 0 Å². The van der Waals surface area contributed by atoms with Crippen LogP contribution in [0.15, 0.2) is 76.9 Å². The zero-order valence-corrected chi connectivity index (χ0v) is 16.8. The van der Waals surface area contributed by atoms with Crippen LogP contribution in [0.5, 0.6) is 5.75 Å². The second-order valence-corrected chi connectivity index (χ2v) is 7.13. The van der Waals surface area contributed by atoms with Gasteiger partial charge in [0.2, 0.25) is 0 Å². The van der Waals surface area contributed by atoms with Crippen molar-refractivity contribution in [1.82, 2.24) is 24.9 Å².